The fourth-order valence-electron chi connectivity index (χ4n) is 4.52. The van der Waals surface area contributed by atoms with Gasteiger partial charge in [-0.05, 0) is 42.7 Å². The number of methoxy groups -OCH3 is 2. The molecular formula is C24H24N4O3. The maximum absolute atomic E-state index is 13.3. The Kier molecular flexibility index (Phi) is 4.66. The number of nitrogens with zero attached hydrogens (tertiary/aromatic N) is 2. The molecule has 1 aliphatic rings. The normalized spacial score (nSPS) is 15.5. The molecule has 0 aliphatic carbocycles. The first kappa shape index (κ1) is 19.2. The number of nitrogens with one attached hydrogen (secondary N) is 2. The van der Waals surface area contributed by atoms with Crippen LogP contribution in [0.5, 0.6) is 11.5 Å². The van der Waals surface area contributed by atoms with E-state index in [9.17, 15) is 4.79 Å². The summed E-state index contributed by atoms with van der Waals surface area (Å²) in [7, 11) is 3.23. The summed E-state index contributed by atoms with van der Waals surface area (Å²) in [5.41, 5.74) is 5.58. The fourth-order valence-corrected chi connectivity index (χ4v) is 4.52. The molecule has 31 heavy (non-hydrogen) atoms. The van der Waals surface area contributed by atoms with Gasteiger partial charge in [0.25, 0.3) is 5.91 Å². The maximum Gasteiger partial charge on any atom is 0.275 e. The number of amides is 1. The van der Waals surface area contributed by atoms with Gasteiger partial charge >= 0.3 is 0 Å². The molecule has 7 heteroatoms. The van der Waals surface area contributed by atoms with E-state index in [4.69, 9.17) is 9.47 Å². The van der Waals surface area contributed by atoms with Crippen LogP contribution < -0.4 is 9.47 Å². The number of carbonyl (C=O) groups is 1. The highest BCUT2D eigenvalue weighted by atomic mass is 16.5. The van der Waals surface area contributed by atoms with Crippen LogP contribution in [0.3, 0.4) is 0 Å². The Morgan fingerprint density at radius 3 is 2.71 bits per heavy atom. The molecule has 0 spiro atoms. The fraction of sp³-hybridized carbons (Fsp3) is 0.250. The van der Waals surface area contributed by atoms with Crippen LogP contribution in [0.2, 0.25) is 0 Å². The largest absolute Gasteiger partial charge is 0.493 e. The minimum absolute atomic E-state index is 0.0565. The van der Waals surface area contributed by atoms with Gasteiger partial charge in [-0.2, -0.15) is 5.10 Å². The molecule has 0 radical (unpaired) electrons. The molecule has 1 atom stereocenters. The lowest BCUT2D eigenvalue weighted by Gasteiger charge is -2.26. The second-order valence-corrected chi connectivity index (χ2v) is 7.74. The zero-order valence-corrected chi connectivity index (χ0v) is 17.7. The second kappa shape index (κ2) is 7.50. The quantitative estimate of drug-likeness (QED) is 0.498. The average Bonchev–Trinajstić information content (AvgIpc) is 3.46. The van der Waals surface area contributed by atoms with Crippen molar-refractivity contribution in [3.05, 3.63) is 76.7 Å². The first-order valence-electron chi connectivity index (χ1n) is 10.2. The van der Waals surface area contributed by atoms with Crippen molar-refractivity contribution in [1.82, 2.24) is 20.1 Å². The van der Waals surface area contributed by atoms with E-state index in [2.05, 4.69) is 27.3 Å². The minimum atomic E-state index is -0.230. The van der Waals surface area contributed by atoms with Crippen molar-refractivity contribution >= 4 is 16.8 Å². The monoisotopic (exact) mass is 416 g/mol. The molecule has 2 N–H and O–H groups in total. The SMILES string of the molecule is COc1ccc([C@H]2c3c(n[nH]c3C)C(=O)N2CCc2c[nH]c3ccccc23)cc1OC. The van der Waals surface area contributed by atoms with Gasteiger partial charge < -0.3 is 19.4 Å². The Bertz CT molecular complexity index is 1270. The van der Waals surface area contributed by atoms with Gasteiger partial charge in [0.15, 0.2) is 17.2 Å². The van der Waals surface area contributed by atoms with E-state index in [-0.39, 0.29) is 11.9 Å². The number of para-hydroxylation sites is 1. The van der Waals surface area contributed by atoms with Crippen LogP contribution in [-0.4, -0.2) is 46.8 Å². The molecular weight excluding hydrogens is 392 g/mol. The van der Waals surface area contributed by atoms with Crippen LogP contribution in [0.15, 0.2) is 48.7 Å². The Balaban J connectivity index is 1.52. The summed E-state index contributed by atoms with van der Waals surface area (Å²) in [6.45, 7) is 2.53. The minimum Gasteiger partial charge on any atom is -0.493 e. The van der Waals surface area contributed by atoms with Crippen LogP contribution >= 0.6 is 0 Å². The third kappa shape index (κ3) is 3.04. The van der Waals surface area contributed by atoms with Crippen molar-refractivity contribution in [2.45, 2.75) is 19.4 Å². The summed E-state index contributed by atoms with van der Waals surface area (Å²) in [4.78, 5) is 18.5. The van der Waals surface area contributed by atoms with Crippen LogP contribution in [0, 0.1) is 6.92 Å². The molecule has 0 bridgehead atoms. The van der Waals surface area contributed by atoms with Crippen LogP contribution in [0.1, 0.15) is 38.9 Å². The lowest BCUT2D eigenvalue weighted by molar-refractivity contribution is 0.0745. The average molecular weight is 416 g/mol. The molecule has 1 aliphatic heterocycles. The van der Waals surface area contributed by atoms with Gasteiger partial charge in [0.1, 0.15) is 0 Å². The number of carbonyl (C=O) groups excluding carboxylic acids is 1. The number of hydrogen-bond donors (Lipinski definition) is 2. The number of fused-ring (bicyclic) bond motifs is 2. The van der Waals surface area contributed by atoms with Crippen molar-refractivity contribution < 1.29 is 14.3 Å². The van der Waals surface area contributed by atoms with Gasteiger partial charge in [-0.3, -0.25) is 9.89 Å². The summed E-state index contributed by atoms with van der Waals surface area (Å²) in [5.74, 6) is 1.24. The molecule has 2 aromatic heterocycles. The molecule has 158 valence electrons. The summed E-state index contributed by atoms with van der Waals surface area (Å²) in [5, 5.41) is 8.46. The van der Waals surface area contributed by atoms with Gasteiger partial charge in [-0.1, -0.05) is 24.3 Å². The summed E-state index contributed by atoms with van der Waals surface area (Å²) in [6.07, 6.45) is 2.77. The Morgan fingerprint density at radius 1 is 1.10 bits per heavy atom. The highest BCUT2D eigenvalue weighted by molar-refractivity contribution is 5.98. The van der Waals surface area contributed by atoms with Crippen molar-refractivity contribution in [1.29, 1.82) is 0 Å². The molecule has 4 aromatic rings. The van der Waals surface area contributed by atoms with E-state index in [0.29, 0.717) is 23.7 Å². The van der Waals surface area contributed by atoms with Crippen molar-refractivity contribution in [2.75, 3.05) is 20.8 Å². The van der Waals surface area contributed by atoms with E-state index in [1.165, 1.54) is 10.9 Å². The third-order valence-corrected chi connectivity index (χ3v) is 6.06. The van der Waals surface area contributed by atoms with Gasteiger partial charge in [-0.25, -0.2) is 0 Å². The lowest BCUT2D eigenvalue weighted by Crippen LogP contribution is -2.31. The molecule has 0 unspecified atom stereocenters. The van der Waals surface area contributed by atoms with Crippen molar-refractivity contribution in [3.63, 3.8) is 0 Å². The van der Waals surface area contributed by atoms with Gasteiger partial charge in [-0.15, -0.1) is 0 Å². The molecule has 0 saturated carbocycles. The van der Waals surface area contributed by atoms with E-state index < -0.39 is 0 Å². The summed E-state index contributed by atoms with van der Waals surface area (Å²) >= 11 is 0. The lowest BCUT2D eigenvalue weighted by atomic mass is 9.98. The predicted octanol–water partition coefficient (Wildman–Crippen LogP) is 4.00. The number of aromatic nitrogens is 3. The zero-order chi connectivity index (χ0) is 21.5. The molecule has 3 heterocycles. The predicted molar refractivity (Wildman–Crippen MR) is 118 cm³/mol. The van der Waals surface area contributed by atoms with E-state index in [1.54, 1.807) is 14.2 Å². The number of hydrogen-bond acceptors (Lipinski definition) is 4. The van der Waals surface area contributed by atoms with Crippen LogP contribution in [0.25, 0.3) is 10.9 Å². The number of aryl methyl sites for hydroxylation is 1. The number of rotatable bonds is 6. The summed E-state index contributed by atoms with van der Waals surface area (Å²) in [6, 6.07) is 13.8. The topological polar surface area (TPSA) is 83.2 Å². The van der Waals surface area contributed by atoms with Gasteiger partial charge in [0.05, 0.1) is 20.3 Å². The van der Waals surface area contributed by atoms with Crippen LogP contribution in [-0.2, 0) is 6.42 Å². The Morgan fingerprint density at radius 2 is 1.90 bits per heavy atom. The van der Waals surface area contributed by atoms with Gasteiger partial charge in [0, 0.05) is 34.9 Å². The molecule has 0 fully saturated rings. The first-order chi connectivity index (χ1) is 15.1. The third-order valence-electron chi connectivity index (χ3n) is 6.06. The maximum atomic E-state index is 13.3. The highest BCUT2D eigenvalue weighted by Gasteiger charge is 2.41. The Labute approximate surface area is 180 Å². The van der Waals surface area contributed by atoms with E-state index in [0.717, 1.165) is 28.8 Å². The standard InChI is InChI=1S/C24H24N4O3/c1-14-21-22(27-26-14)24(29)28(11-10-16-13-25-18-7-5-4-6-17(16)18)23(21)15-8-9-19(30-2)20(12-15)31-3/h4-9,12-13,23,25H,10-11H2,1-3H3,(H,26,27)/t23-/m0/s1. The zero-order valence-electron chi connectivity index (χ0n) is 17.7. The number of H-pyrrole nitrogens is 2. The number of aromatic amines is 2. The second-order valence-electron chi connectivity index (χ2n) is 7.74. The highest BCUT2D eigenvalue weighted by Crippen LogP contribution is 2.42. The molecule has 2 aromatic carbocycles. The smallest absolute Gasteiger partial charge is 0.275 e. The van der Waals surface area contributed by atoms with Gasteiger partial charge in [0.2, 0.25) is 0 Å². The van der Waals surface area contributed by atoms with Crippen molar-refractivity contribution in [2.24, 2.45) is 0 Å². The summed E-state index contributed by atoms with van der Waals surface area (Å²) < 4.78 is 10.9. The molecule has 5 rings (SSSR count). The Hall–Kier alpha value is -3.74. The van der Waals surface area contributed by atoms with Crippen molar-refractivity contribution in [3.8, 4) is 11.5 Å². The van der Waals surface area contributed by atoms with E-state index >= 15 is 0 Å². The number of benzene rings is 2. The van der Waals surface area contributed by atoms with Crippen LogP contribution in [0.4, 0.5) is 0 Å². The number of ether oxygens (including phenoxy) is 2. The molecule has 7 nitrogen and oxygen atoms in total. The van der Waals surface area contributed by atoms with E-state index in [1.807, 2.05) is 48.4 Å². The first-order valence-corrected chi connectivity index (χ1v) is 10.2. The molecule has 0 saturated heterocycles. The molecule has 1 amide bonds.